The third kappa shape index (κ3) is 5.89. The van der Waals surface area contributed by atoms with Crippen molar-refractivity contribution < 1.29 is 19.1 Å². The number of hydrogen-bond donors (Lipinski definition) is 2. The second kappa shape index (κ2) is 12.8. The van der Waals surface area contributed by atoms with Crippen LogP contribution in [0.1, 0.15) is 55.1 Å². The van der Waals surface area contributed by atoms with E-state index in [1.54, 1.807) is 21.1 Å². The highest BCUT2D eigenvalue weighted by molar-refractivity contribution is 6.01. The van der Waals surface area contributed by atoms with Crippen molar-refractivity contribution in [2.75, 3.05) is 46.9 Å². The summed E-state index contributed by atoms with van der Waals surface area (Å²) in [6, 6.07) is 7.20. The van der Waals surface area contributed by atoms with Crippen LogP contribution in [-0.4, -0.2) is 91.1 Å². The molecule has 1 aromatic carbocycles. The predicted octanol–water partition coefficient (Wildman–Crippen LogP) is 2.55. The van der Waals surface area contributed by atoms with E-state index < -0.39 is 6.04 Å². The molecule has 4 rings (SSSR count). The van der Waals surface area contributed by atoms with Gasteiger partial charge in [0.25, 0.3) is 5.91 Å². The van der Waals surface area contributed by atoms with Gasteiger partial charge in [0.05, 0.1) is 12.6 Å². The van der Waals surface area contributed by atoms with E-state index in [0.29, 0.717) is 45.0 Å². The number of fused-ring (bicyclic) bond motifs is 1. The molecule has 2 atom stereocenters. The number of aromatic nitrogens is 1. The molecular formula is C29H43N5O4. The van der Waals surface area contributed by atoms with Crippen molar-refractivity contribution in [3.8, 4) is 0 Å². The van der Waals surface area contributed by atoms with Gasteiger partial charge in [0, 0.05) is 50.7 Å². The lowest BCUT2D eigenvalue weighted by Crippen LogP contribution is -2.59. The van der Waals surface area contributed by atoms with Gasteiger partial charge in [-0.2, -0.15) is 0 Å². The van der Waals surface area contributed by atoms with Crippen LogP contribution in [-0.2, 0) is 20.9 Å². The van der Waals surface area contributed by atoms with Crippen molar-refractivity contribution in [1.29, 1.82) is 0 Å². The zero-order chi connectivity index (χ0) is 27.2. The van der Waals surface area contributed by atoms with E-state index in [0.717, 1.165) is 42.1 Å². The van der Waals surface area contributed by atoms with Gasteiger partial charge in [-0.25, -0.2) is 0 Å². The lowest BCUT2D eigenvalue weighted by molar-refractivity contribution is -0.140. The Balaban J connectivity index is 1.48. The molecule has 1 saturated heterocycles. The zero-order valence-electron chi connectivity index (χ0n) is 23.3. The molecular weight excluding hydrogens is 482 g/mol. The maximum Gasteiger partial charge on any atom is 0.270 e. The van der Waals surface area contributed by atoms with Crippen LogP contribution < -0.4 is 10.6 Å². The molecule has 9 nitrogen and oxygen atoms in total. The van der Waals surface area contributed by atoms with Crippen LogP contribution >= 0.6 is 0 Å². The van der Waals surface area contributed by atoms with Crippen molar-refractivity contribution >= 4 is 28.6 Å². The number of hydrogen-bond acceptors (Lipinski definition) is 5. The summed E-state index contributed by atoms with van der Waals surface area (Å²) in [6.07, 6.45) is 5.26. The molecule has 208 valence electrons. The number of methoxy groups -OCH3 is 1. The number of aryl methyl sites for hydroxylation is 1. The minimum atomic E-state index is -0.514. The van der Waals surface area contributed by atoms with E-state index in [1.807, 2.05) is 34.9 Å². The Bertz CT molecular complexity index is 1130. The molecule has 1 unspecified atom stereocenters. The van der Waals surface area contributed by atoms with Crippen LogP contribution in [0.2, 0.25) is 0 Å². The lowest BCUT2D eigenvalue weighted by atomic mass is 9.83. The van der Waals surface area contributed by atoms with Crippen molar-refractivity contribution in [2.24, 2.45) is 5.92 Å². The monoisotopic (exact) mass is 525 g/mol. The SMILES string of the molecule is CNC(C)C(=O)N[C@H](C(=O)N1CCN(C(=O)c2c(C)c3ccccc3n2CCOC)CC1)C1CCCCC1. The second-order valence-corrected chi connectivity index (χ2v) is 10.6. The van der Waals surface area contributed by atoms with Gasteiger partial charge in [-0.05, 0) is 51.3 Å². The van der Waals surface area contributed by atoms with Gasteiger partial charge < -0.3 is 29.7 Å². The first-order chi connectivity index (χ1) is 18.4. The smallest absolute Gasteiger partial charge is 0.270 e. The Labute approximate surface area is 225 Å². The van der Waals surface area contributed by atoms with Crippen LogP contribution in [0.25, 0.3) is 10.9 Å². The minimum Gasteiger partial charge on any atom is -0.383 e. The molecule has 2 heterocycles. The Kier molecular flexibility index (Phi) is 9.44. The largest absolute Gasteiger partial charge is 0.383 e. The summed E-state index contributed by atoms with van der Waals surface area (Å²) in [7, 11) is 3.41. The number of carbonyl (C=O) groups is 3. The number of benzene rings is 1. The maximum atomic E-state index is 13.8. The number of ether oxygens (including phenoxy) is 1. The van der Waals surface area contributed by atoms with Gasteiger partial charge in [-0.1, -0.05) is 37.5 Å². The van der Waals surface area contributed by atoms with Crippen LogP contribution in [0, 0.1) is 12.8 Å². The minimum absolute atomic E-state index is 0.0121. The Morgan fingerprint density at radius 3 is 2.34 bits per heavy atom. The van der Waals surface area contributed by atoms with Crippen molar-refractivity contribution in [2.45, 2.75) is 64.6 Å². The summed E-state index contributed by atoms with van der Waals surface area (Å²) in [5.74, 6) is -0.0272. The highest BCUT2D eigenvalue weighted by Crippen LogP contribution is 2.29. The molecule has 38 heavy (non-hydrogen) atoms. The summed E-state index contributed by atoms with van der Waals surface area (Å²) < 4.78 is 7.38. The number of nitrogens with one attached hydrogen (secondary N) is 2. The molecule has 1 aliphatic heterocycles. The molecule has 0 spiro atoms. The molecule has 1 saturated carbocycles. The topological polar surface area (TPSA) is 95.9 Å². The normalized spacial score (nSPS) is 18.4. The number of likely N-dealkylation sites (N-methyl/N-ethyl adjacent to an activating group) is 1. The third-order valence-electron chi connectivity index (χ3n) is 8.34. The molecule has 0 radical (unpaired) electrons. The first-order valence-corrected chi connectivity index (χ1v) is 14.0. The summed E-state index contributed by atoms with van der Waals surface area (Å²) in [5, 5.41) is 7.09. The maximum absolute atomic E-state index is 13.8. The van der Waals surface area contributed by atoms with Gasteiger partial charge in [0.15, 0.2) is 0 Å². The van der Waals surface area contributed by atoms with Crippen molar-refractivity contribution in [3.63, 3.8) is 0 Å². The lowest BCUT2D eigenvalue weighted by Gasteiger charge is -2.39. The number of para-hydroxylation sites is 1. The summed E-state index contributed by atoms with van der Waals surface area (Å²) in [4.78, 5) is 43.9. The average Bonchev–Trinajstić information content (AvgIpc) is 3.25. The molecule has 1 aromatic heterocycles. The standard InChI is InChI=1S/C29H43N5O4/c1-20-23-12-8-9-13-24(23)34(18-19-38-4)26(20)29(37)33-16-14-32(15-17-33)28(36)25(22-10-6-5-7-11-22)31-27(35)21(2)30-3/h8-9,12-13,21-22,25,30H,5-7,10-11,14-19H2,1-4H3,(H,31,35)/t21?,25-/m0/s1. The van der Waals surface area contributed by atoms with Crippen molar-refractivity contribution in [1.82, 2.24) is 25.0 Å². The molecule has 3 amide bonds. The number of rotatable bonds is 9. The fourth-order valence-electron chi connectivity index (χ4n) is 5.90. The first-order valence-electron chi connectivity index (χ1n) is 14.0. The van der Waals surface area contributed by atoms with Gasteiger partial charge in [-0.15, -0.1) is 0 Å². The van der Waals surface area contributed by atoms with Gasteiger partial charge >= 0.3 is 0 Å². The Hall–Kier alpha value is -2.91. The fraction of sp³-hybridized carbons (Fsp3) is 0.621. The molecule has 2 aliphatic rings. The van der Waals surface area contributed by atoms with Crippen LogP contribution in [0.15, 0.2) is 24.3 Å². The highest BCUT2D eigenvalue weighted by Gasteiger charge is 2.36. The molecule has 9 heteroatoms. The number of nitrogens with zero attached hydrogens (tertiary/aromatic N) is 3. The van der Waals surface area contributed by atoms with Gasteiger partial charge in [-0.3, -0.25) is 14.4 Å². The quantitative estimate of drug-likeness (QED) is 0.525. The van der Waals surface area contributed by atoms with Crippen LogP contribution in [0.4, 0.5) is 0 Å². The number of amides is 3. The first kappa shape index (κ1) is 28.1. The van der Waals surface area contributed by atoms with Gasteiger partial charge in [0.1, 0.15) is 11.7 Å². The predicted molar refractivity (Wildman–Crippen MR) is 148 cm³/mol. The van der Waals surface area contributed by atoms with Gasteiger partial charge in [0.2, 0.25) is 11.8 Å². The number of piperazine rings is 1. The van der Waals surface area contributed by atoms with Crippen LogP contribution in [0.3, 0.4) is 0 Å². The Morgan fingerprint density at radius 1 is 1.03 bits per heavy atom. The molecule has 2 aromatic rings. The van der Waals surface area contributed by atoms with E-state index in [1.165, 1.54) is 6.42 Å². The van der Waals surface area contributed by atoms with E-state index in [-0.39, 0.29) is 29.7 Å². The third-order valence-corrected chi connectivity index (χ3v) is 8.34. The average molecular weight is 526 g/mol. The second-order valence-electron chi connectivity index (χ2n) is 10.6. The summed E-state index contributed by atoms with van der Waals surface area (Å²) in [5.41, 5.74) is 2.69. The zero-order valence-corrected chi connectivity index (χ0v) is 23.3. The summed E-state index contributed by atoms with van der Waals surface area (Å²) in [6.45, 7) is 6.77. The van der Waals surface area contributed by atoms with E-state index in [2.05, 4.69) is 21.3 Å². The number of carbonyl (C=O) groups excluding carboxylic acids is 3. The highest BCUT2D eigenvalue weighted by atomic mass is 16.5. The van der Waals surface area contributed by atoms with E-state index in [4.69, 9.17) is 4.74 Å². The molecule has 2 fully saturated rings. The summed E-state index contributed by atoms with van der Waals surface area (Å²) >= 11 is 0. The van der Waals surface area contributed by atoms with E-state index >= 15 is 0 Å². The van der Waals surface area contributed by atoms with Crippen LogP contribution in [0.5, 0.6) is 0 Å². The molecule has 1 aliphatic carbocycles. The van der Waals surface area contributed by atoms with E-state index in [9.17, 15) is 14.4 Å². The fourth-order valence-corrected chi connectivity index (χ4v) is 5.90. The molecule has 2 N–H and O–H groups in total. The van der Waals surface area contributed by atoms with Crippen molar-refractivity contribution in [3.05, 3.63) is 35.5 Å². The Morgan fingerprint density at radius 2 is 1.68 bits per heavy atom. The molecule has 0 bridgehead atoms.